The minimum absolute atomic E-state index is 0. The number of hydrogen-bond donors (Lipinski definition) is 0. The van der Waals surface area contributed by atoms with Crippen molar-refractivity contribution in [3.8, 4) is 0 Å². The Morgan fingerprint density at radius 1 is 1.80 bits per heavy atom. The van der Waals surface area contributed by atoms with Crippen LogP contribution in [0.2, 0.25) is 0 Å². The van der Waals surface area contributed by atoms with Gasteiger partial charge in [-0.1, -0.05) is 6.42 Å². The molecule has 1 aliphatic carbocycles. The Morgan fingerprint density at radius 2 is 2.50 bits per heavy atom. The van der Waals surface area contributed by atoms with Gasteiger partial charge in [-0.05, 0) is 0 Å². The predicted octanol–water partition coefficient (Wildman–Crippen LogP) is 0.846. The first-order valence-electron chi connectivity index (χ1n) is 2.70. The van der Waals surface area contributed by atoms with Gasteiger partial charge >= 0.3 is 0 Å². The van der Waals surface area contributed by atoms with Gasteiger partial charge in [0.2, 0.25) is 5.97 Å². The van der Waals surface area contributed by atoms with Crippen molar-refractivity contribution < 1.29 is 26.3 Å². The molecule has 1 aliphatic rings. The molecule has 0 bridgehead atoms. The average Bonchev–Trinajstić information content (AvgIpc) is 2.37. The number of rotatable bonds is 1. The summed E-state index contributed by atoms with van der Waals surface area (Å²) in [5.41, 5.74) is 0.539. The molecule has 0 N–H and O–H groups in total. The van der Waals surface area contributed by atoms with Gasteiger partial charge in [0, 0.05) is 16.8 Å². The molecular weight excluding hydrogens is 175 g/mol. The summed E-state index contributed by atoms with van der Waals surface area (Å²) in [5, 5.41) is 0. The van der Waals surface area contributed by atoms with Crippen LogP contribution in [0, 0.1) is 6.08 Å². The molecule has 1 radical (unpaired) electrons. The van der Waals surface area contributed by atoms with Gasteiger partial charge in [0.15, 0.2) is 0 Å². The molecule has 0 aromatic rings. The van der Waals surface area contributed by atoms with E-state index in [1.165, 1.54) is 7.11 Å². The minimum Gasteiger partial charge on any atom is -0.523 e. The standard InChI is InChI=1S/C7H7O2.Co/c1-9-7(8)6-4-2-3-5-6;/h2,4H,3H2,1H3;/q-1;. The molecule has 0 saturated carbocycles. The molecule has 1 rings (SSSR count). The van der Waals surface area contributed by atoms with Crippen LogP contribution in [-0.4, -0.2) is 13.1 Å². The zero-order valence-electron chi connectivity index (χ0n) is 5.51. The molecular formula is C7H7CoO2-. The van der Waals surface area contributed by atoms with Crippen LogP contribution >= 0.6 is 0 Å². The van der Waals surface area contributed by atoms with Crippen molar-refractivity contribution in [1.29, 1.82) is 0 Å². The molecule has 0 spiro atoms. The zero-order chi connectivity index (χ0) is 6.69. The van der Waals surface area contributed by atoms with Gasteiger partial charge in [0.05, 0.1) is 7.11 Å². The first kappa shape index (κ1) is 9.46. The molecule has 0 heterocycles. The van der Waals surface area contributed by atoms with Crippen molar-refractivity contribution in [1.82, 2.24) is 0 Å². The van der Waals surface area contributed by atoms with E-state index in [9.17, 15) is 4.79 Å². The van der Waals surface area contributed by atoms with Crippen molar-refractivity contribution in [2.75, 3.05) is 7.11 Å². The number of ether oxygens (including phenoxy) is 1. The molecule has 0 saturated heterocycles. The Bertz CT molecular complexity index is 182. The molecule has 10 heavy (non-hydrogen) atoms. The Morgan fingerprint density at radius 3 is 2.90 bits per heavy atom. The van der Waals surface area contributed by atoms with Gasteiger partial charge in [0.1, 0.15) is 0 Å². The molecule has 0 amide bonds. The summed E-state index contributed by atoms with van der Waals surface area (Å²) < 4.78 is 4.44. The number of carbonyl (C=O) groups excluding carboxylic acids is 1. The second-order valence-corrected chi connectivity index (χ2v) is 1.69. The summed E-state index contributed by atoms with van der Waals surface area (Å²) in [6.07, 6.45) is 7.15. The van der Waals surface area contributed by atoms with E-state index in [2.05, 4.69) is 10.8 Å². The van der Waals surface area contributed by atoms with Crippen LogP contribution in [0.3, 0.4) is 0 Å². The third kappa shape index (κ3) is 2.00. The summed E-state index contributed by atoms with van der Waals surface area (Å²) in [7, 11) is 1.36. The molecule has 2 nitrogen and oxygen atoms in total. The predicted molar refractivity (Wildman–Crippen MR) is 32.5 cm³/mol. The number of esters is 1. The maximum atomic E-state index is 10.6. The Balaban J connectivity index is 0.000000810. The molecule has 0 unspecified atom stereocenters. The van der Waals surface area contributed by atoms with Crippen molar-refractivity contribution in [3.05, 3.63) is 23.8 Å². The van der Waals surface area contributed by atoms with Crippen LogP contribution in [0.15, 0.2) is 17.7 Å². The molecule has 0 atom stereocenters. The van der Waals surface area contributed by atoms with E-state index in [1.54, 1.807) is 6.08 Å². The van der Waals surface area contributed by atoms with Gasteiger partial charge in [-0.2, -0.15) is 12.2 Å². The Labute approximate surface area is 70.1 Å². The number of allylic oxidation sites excluding steroid dienone is 2. The van der Waals surface area contributed by atoms with Crippen LogP contribution < -0.4 is 0 Å². The van der Waals surface area contributed by atoms with E-state index in [0.717, 1.165) is 6.42 Å². The first-order chi connectivity index (χ1) is 4.34. The summed E-state index contributed by atoms with van der Waals surface area (Å²) >= 11 is 0. The molecule has 0 fully saturated rings. The van der Waals surface area contributed by atoms with Crippen molar-refractivity contribution in [2.24, 2.45) is 0 Å². The maximum absolute atomic E-state index is 10.6. The van der Waals surface area contributed by atoms with Crippen LogP contribution in [0.4, 0.5) is 0 Å². The van der Waals surface area contributed by atoms with E-state index in [1.807, 2.05) is 6.08 Å². The Kier molecular flexibility index (Phi) is 4.07. The second-order valence-electron chi connectivity index (χ2n) is 1.69. The fraction of sp³-hybridized carbons (Fsp3) is 0.286. The van der Waals surface area contributed by atoms with E-state index >= 15 is 0 Å². The quantitative estimate of drug-likeness (QED) is 0.443. The third-order valence-corrected chi connectivity index (χ3v) is 1.10. The smallest absolute Gasteiger partial charge is 0.219 e. The van der Waals surface area contributed by atoms with Crippen LogP contribution in [0.25, 0.3) is 0 Å². The summed E-state index contributed by atoms with van der Waals surface area (Å²) in [6.45, 7) is 0. The van der Waals surface area contributed by atoms with Crippen LogP contribution in [0.5, 0.6) is 0 Å². The monoisotopic (exact) mass is 182 g/mol. The van der Waals surface area contributed by atoms with Gasteiger partial charge in [-0.15, -0.1) is 11.6 Å². The SMILES string of the molecule is COC(=O)C1=[C-]CC=C1.[Co]. The summed E-state index contributed by atoms with van der Waals surface area (Å²) in [6, 6.07) is 0. The van der Waals surface area contributed by atoms with Gasteiger partial charge in [0.25, 0.3) is 0 Å². The van der Waals surface area contributed by atoms with Gasteiger partial charge in [-0.25, -0.2) is 0 Å². The fourth-order valence-electron chi connectivity index (χ4n) is 0.655. The molecule has 57 valence electrons. The molecule has 3 heteroatoms. The topological polar surface area (TPSA) is 26.3 Å². The zero-order valence-corrected chi connectivity index (χ0v) is 6.55. The number of methoxy groups -OCH3 is 1. The Hall–Kier alpha value is -0.544. The van der Waals surface area contributed by atoms with Crippen molar-refractivity contribution >= 4 is 5.97 Å². The number of carbonyl (C=O) groups is 1. The maximum Gasteiger partial charge on any atom is 0.219 e. The van der Waals surface area contributed by atoms with E-state index in [4.69, 9.17) is 0 Å². The van der Waals surface area contributed by atoms with E-state index in [0.29, 0.717) is 5.57 Å². The second kappa shape index (κ2) is 4.30. The fourth-order valence-corrected chi connectivity index (χ4v) is 0.655. The molecule has 0 aliphatic heterocycles. The van der Waals surface area contributed by atoms with Crippen LogP contribution in [-0.2, 0) is 26.3 Å². The van der Waals surface area contributed by atoms with Crippen LogP contribution in [0.1, 0.15) is 6.42 Å². The molecule has 0 aromatic carbocycles. The van der Waals surface area contributed by atoms with E-state index < -0.39 is 0 Å². The average molecular weight is 182 g/mol. The first-order valence-corrected chi connectivity index (χ1v) is 2.70. The van der Waals surface area contributed by atoms with Crippen molar-refractivity contribution in [2.45, 2.75) is 6.42 Å². The largest absolute Gasteiger partial charge is 0.523 e. The number of hydrogen-bond acceptors (Lipinski definition) is 2. The van der Waals surface area contributed by atoms with Gasteiger partial charge < -0.3 is 9.53 Å². The summed E-state index contributed by atoms with van der Waals surface area (Å²) in [4.78, 5) is 10.6. The minimum atomic E-state index is -0.302. The van der Waals surface area contributed by atoms with Gasteiger partial charge in [-0.3, -0.25) is 0 Å². The summed E-state index contributed by atoms with van der Waals surface area (Å²) in [5.74, 6) is -0.302. The van der Waals surface area contributed by atoms with Crippen molar-refractivity contribution in [3.63, 3.8) is 0 Å². The van der Waals surface area contributed by atoms with E-state index in [-0.39, 0.29) is 22.7 Å². The third-order valence-electron chi connectivity index (χ3n) is 1.10. The molecule has 0 aromatic heterocycles. The normalized spacial score (nSPS) is 13.9.